The summed E-state index contributed by atoms with van der Waals surface area (Å²) in [4.78, 5) is 5.48. The Morgan fingerprint density at radius 2 is 0.684 bits per heavy atom. The van der Waals surface area contributed by atoms with Gasteiger partial charge in [-0.2, -0.15) is 0 Å². The van der Waals surface area contributed by atoms with E-state index in [0.29, 0.717) is 0 Å². The summed E-state index contributed by atoms with van der Waals surface area (Å²) >= 11 is 0. The van der Waals surface area contributed by atoms with Crippen LogP contribution in [0.4, 0.5) is 34.1 Å². The maximum Gasteiger partial charge on any atom is 0.252 e. The molecule has 0 radical (unpaired) electrons. The van der Waals surface area contributed by atoms with Crippen molar-refractivity contribution in [3.63, 3.8) is 0 Å². The highest BCUT2D eigenvalue weighted by atomic mass is 15.2. The molecule has 2 aromatic heterocycles. The van der Waals surface area contributed by atoms with Gasteiger partial charge < -0.3 is 18.9 Å². The molecule has 2 aliphatic heterocycles. The van der Waals surface area contributed by atoms with Crippen LogP contribution in [0.5, 0.6) is 0 Å². The third-order valence-electron chi connectivity index (χ3n) is 18.3. The van der Waals surface area contributed by atoms with Crippen LogP contribution in [0.2, 0.25) is 0 Å². The number of anilines is 6. The Morgan fingerprint density at radius 1 is 0.304 bits per heavy atom. The number of fused-ring (bicyclic) bond motifs is 12. The molecule has 0 saturated carbocycles. The van der Waals surface area contributed by atoms with Crippen molar-refractivity contribution in [2.45, 2.75) is 51.4 Å². The molecule has 4 aliphatic rings. The molecule has 79 heavy (non-hydrogen) atoms. The van der Waals surface area contributed by atoms with Gasteiger partial charge in [-0.3, -0.25) is 0 Å². The van der Waals surface area contributed by atoms with Gasteiger partial charge in [0.25, 0.3) is 6.71 Å². The van der Waals surface area contributed by atoms with E-state index in [9.17, 15) is 0 Å². The number of hydrogen-bond acceptors (Lipinski definition) is 2. The van der Waals surface area contributed by atoms with Crippen molar-refractivity contribution >= 4 is 101 Å². The van der Waals surface area contributed by atoms with Crippen LogP contribution in [0, 0.1) is 0 Å². The van der Waals surface area contributed by atoms with E-state index in [1.54, 1.807) is 0 Å². The van der Waals surface area contributed by atoms with Gasteiger partial charge in [0.2, 0.25) is 0 Å². The van der Waals surface area contributed by atoms with Crippen molar-refractivity contribution in [2.24, 2.45) is 0 Å². The lowest BCUT2D eigenvalue weighted by Crippen LogP contribution is -2.61. The van der Waals surface area contributed by atoms with Gasteiger partial charge in [-0.25, -0.2) is 0 Å². The molecule has 0 saturated heterocycles. The van der Waals surface area contributed by atoms with Crippen molar-refractivity contribution < 1.29 is 0 Å². The summed E-state index contributed by atoms with van der Waals surface area (Å²) in [5.41, 5.74) is 29.7. The Balaban J connectivity index is 1.00. The molecule has 2 aliphatic carbocycles. The van der Waals surface area contributed by atoms with E-state index in [2.05, 4.69) is 256 Å². The predicted molar refractivity (Wildman–Crippen MR) is 333 cm³/mol. The van der Waals surface area contributed by atoms with E-state index in [-0.39, 0.29) is 6.71 Å². The van der Waals surface area contributed by atoms with E-state index in [1.807, 2.05) is 0 Å². The highest BCUT2D eigenvalue weighted by Crippen LogP contribution is 2.52. The molecular weight excluding hydrogens is 956 g/mol. The zero-order valence-electron chi connectivity index (χ0n) is 44.0. The molecule has 0 N–H and O–H groups in total. The second kappa shape index (κ2) is 17.6. The zero-order chi connectivity index (χ0) is 51.7. The fourth-order valence-corrected chi connectivity index (χ4v) is 14.9. The van der Waals surface area contributed by atoms with Crippen LogP contribution in [-0.2, 0) is 25.7 Å². The topological polar surface area (TPSA) is 16.3 Å². The molecule has 0 bridgehead atoms. The standard InChI is InChI=1S/C74H55BN4/c1-3-20-48(21-4-1)56-42-38-50-24-7-9-26-54(50)73(56)78-68-36-19-37-69-72(68)75(62-44-40-52(46-70(62)78)76-64-32-15-11-28-58(64)59-29-12-16-33-65(59)76)63-45-41-53(77-66-34-17-13-30-60(66)61-31-14-18-35-67(61)77)47-71(63)79(69)74-55-27-10-8-25-51(55)39-43-57(74)49-22-5-2-6-23-49/h1-6,11-23,28-47H,7-10,24-27H2. The number of hydrogen-bond donors (Lipinski definition) is 0. The largest absolute Gasteiger partial charge is 0.310 e. The van der Waals surface area contributed by atoms with Crippen LogP contribution in [0.25, 0.3) is 77.2 Å². The van der Waals surface area contributed by atoms with E-state index < -0.39 is 0 Å². The molecule has 0 spiro atoms. The summed E-state index contributed by atoms with van der Waals surface area (Å²) in [6.07, 6.45) is 9.03. The lowest BCUT2D eigenvalue weighted by molar-refractivity contribution is 0.686. The first-order chi connectivity index (χ1) is 39.2. The van der Waals surface area contributed by atoms with Gasteiger partial charge in [0.1, 0.15) is 0 Å². The Kier molecular flexibility index (Phi) is 9.98. The quantitative estimate of drug-likeness (QED) is 0.154. The molecule has 374 valence electrons. The minimum Gasteiger partial charge on any atom is -0.310 e. The van der Waals surface area contributed by atoms with Crippen molar-refractivity contribution in [2.75, 3.05) is 9.80 Å². The number of nitrogens with zero attached hydrogens (tertiary/aromatic N) is 4. The molecule has 13 aromatic rings. The number of para-hydroxylation sites is 4. The van der Waals surface area contributed by atoms with Gasteiger partial charge in [-0.15, -0.1) is 0 Å². The summed E-state index contributed by atoms with van der Waals surface area (Å²) in [5.74, 6) is 0. The summed E-state index contributed by atoms with van der Waals surface area (Å²) in [5, 5.41) is 5.07. The first-order valence-corrected chi connectivity index (χ1v) is 28.6. The Hall–Kier alpha value is -9.32. The highest BCUT2D eigenvalue weighted by molar-refractivity contribution is 7.00. The van der Waals surface area contributed by atoms with Gasteiger partial charge in [0.05, 0.1) is 33.4 Å². The van der Waals surface area contributed by atoms with Gasteiger partial charge >= 0.3 is 0 Å². The predicted octanol–water partition coefficient (Wildman–Crippen LogP) is 17.1. The second-order valence-electron chi connectivity index (χ2n) is 22.4. The Labute approximate surface area is 461 Å². The zero-order valence-corrected chi connectivity index (χ0v) is 44.0. The molecule has 4 heterocycles. The lowest BCUT2D eigenvalue weighted by atomic mass is 9.33. The van der Waals surface area contributed by atoms with E-state index in [4.69, 9.17) is 0 Å². The summed E-state index contributed by atoms with van der Waals surface area (Å²) in [6, 6.07) is 90.1. The third kappa shape index (κ3) is 6.63. The molecule has 0 fully saturated rings. The Bertz CT molecular complexity index is 4250. The van der Waals surface area contributed by atoms with Crippen molar-refractivity contribution in [1.29, 1.82) is 0 Å². The van der Waals surface area contributed by atoms with Crippen molar-refractivity contribution in [3.05, 3.63) is 259 Å². The fraction of sp³-hybridized carbons (Fsp3) is 0.108. The molecule has 0 amide bonds. The average Bonchev–Trinajstić information content (AvgIpc) is 3.94. The molecular formula is C74H55BN4. The number of rotatable bonds is 6. The maximum atomic E-state index is 2.74. The molecule has 0 unspecified atom stereocenters. The molecule has 5 heteroatoms. The van der Waals surface area contributed by atoms with Gasteiger partial charge in [0, 0.05) is 66.8 Å². The van der Waals surface area contributed by atoms with Crippen molar-refractivity contribution in [1.82, 2.24) is 9.13 Å². The first-order valence-electron chi connectivity index (χ1n) is 28.6. The third-order valence-corrected chi connectivity index (χ3v) is 18.3. The summed E-state index contributed by atoms with van der Waals surface area (Å²) in [7, 11) is 0. The van der Waals surface area contributed by atoms with E-state index >= 15 is 0 Å². The first kappa shape index (κ1) is 44.8. The smallest absolute Gasteiger partial charge is 0.252 e. The van der Waals surface area contributed by atoms with Gasteiger partial charge in [-0.05, 0) is 162 Å². The normalized spacial score (nSPS) is 14.4. The Morgan fingerprint density at radius 3 is 1.10 bits per heavy atom. The second-order valence-corrected chi connectivity index (χ2v) is 22.4. The average molecular weight is 1010 g/mol. The van der Waals surface area contributed by atoms with E-state index in [1.165, 1.54) is 164 Å². The number of benzene rings is 11. The number of aryl methyl sites for hydroxylation is 2. The van der Waals surface area contributed by atoms with Crippen LogP contribution in [0.15, 0.2) is 237 Å². The van der Waals surface area contributed by atoms with Crippen LogP contribution in [-0.4, -0.2) is 15.8 Å². The minimum absolute atomic E-state index is 0.0671. The fourth-order valence-electron chi connectivity index (χ4n) is 14.9. The molecule has 17 rings (SSSR count). The maximum absolute atomic E-state index is 2.74. The SMILES string of the molecule is c1ccc(-c2ccc3c(c2N2c4cc(-n5c6ccccc6c6ccccc65)ccc4B4c5ccc(-n6c7ccccc7c7ccccc76)cc5N(c5c(-c6ccccc6)ccc6c5CCCC6)c5cccc2c54)CCCC3)cc1. The molecule has 4 nitrogen and oxygen atoms in total. The highest BCUT2D eigenvalue weighted by Gasteiger charge is 2.45. The molecule has 0 atom stereocenters. The van der Waals surface area contributed by atoms with Crippen LogP contribution in [0.3, 0.4) is 0 Å². The summed E-state index contributed by atoms with van der Waals surface area (Å²) in [6.45, 7) is -0.0671. The van der Waals surface area contributed by atoms with E-state index in [0.717, 1.165) is 37.1 Å². The van der Waals surface area contributed by atoms with Crippen LogP contribution in [0.1, 0.15) is 47.9 Å². The number of aromatic nitrogens is 2. The monoisotopic (exact) mass is 1010 g/mol. The summed E-state index contributed by atoms with van der Waals surface area (Å²) < 4.78 is 5.01. The van der Waals surface area contributed by atoms with Crippen molar-refractivity contribution in [3.8, 4) is 33.6 Å². The van der Waals surface area contributed by atoms with Crippen LogP contribution < -0.4 is 26.2 Å². The molecule has 11 aromatic carbocycles. The van der Waals surface area contributed by atoms with Gasteiger partial charge in [-0.1, -0.05) is 176 Å². The van der Waals surface area contributed by atoms with Gasteiger partial charge in [0.15, 0.2) is 0 Å². The minimum atomic E-state index is -0.0671. The lowest BCUT2D eigenvalue weighted by Gasteiger charge is -2.46. The van der Waals surface area contributed by atoms with Crippen LogP contribution >= 0.6 is 0 Å².